The van der Waals surface area contributed by atoms with Crippen molar-refractivity contribution in [2.75, 3.05) is 0 Å². The largest absolute Gasteiger partial charge is 0.477 e. The Morgan fingerprint density at radius 3 is 3.00 bits per heavy atom. The predicted octanol–water partition coefficient (Wildman–Crippen LogP) is 2.72. The van der Waals surface area contributed by atoms with Crippen LogP contribution in [0.3, 0.4) is 0 Å². The summed E-state index contributed by atoms with van der Waals surface area (Å²) in [6, 6.07) is 5.50. The third kappa shape index (κ3) is 1.99. The minimum Gasteiger partial charge on any atom is -0.477 e. The number of carbonyl (C=O) groups is 1. The van der Waals surface area contributed by atoms with Crippen molar-refractivity contribution in [2.45, 2.75) is 19.9 Å². The molecule has 0 radical (unpaired) electrons. The summed E-state index contributed by atoms with van der Waals surface area (Å²) in [6.07, 6.45) is 0.867. The molecule has 16 heavy (non-hydrogen) atoms. The van der Waals surface area contributed by atoms with Gasteiger partial charge in [0.05, 0.1) is 4.88 Å². The van der Waals surface area contributed by atoms with Crippen LogP contribution in [0.4, 0.5) is 0 Å². The second-order valence-corrected chi connectivity index (χ2v) is 4.37. The number of carboxylic acid groups (broad SMARTS) is 1. The zero-order valence-corrected chi connectivity index (χ0v) is 9.70. The van der Waals surface area contributed by atoms with Crippen molar-refractivity contribution in [1.29, 1.82) is 0 Å². The van der Waals surface area contributed by atoms with Gasteiger partial charge in [0.2, 0.25) is 0 Å². The molecule has 5 heteroatoms. The molecule has 0 aliphatic rings. The number of hydrogen-bond acceptors (Lipinski definition) is 3. The van der Waals surface area contributed by atoms with E-state index in [0.717, 1.165) is 17.0 Å². The van der Waals surface area contributed by atoms with Crippen molar-refractivity contribution < 1.29 is 9.90 Å². The average Bonchev–Trinajstić information content (AvgIpc) is 2.83. The molecule has 0 atom stereocenters. The quantitative estimate of drug-likeness (QED) is 0.888. The fourth-order valence-electron chi connectivity index (χ4n) is 1.52. The van der Waals surface area contributed by atoms with Crippen molar-refractivity contribution in [3.63, 3.8) is 0 Å². The molecule has 0 aromatic carbocycles. The Bertz CT molecular complexity index is 488. The molecular weight excluding hydrogens is 224 g/mol. The Hall–Kier alpha value is -1.62. The molecule has 0 unspecified atom stereocenters. The van der Waals surface area contributed by atoms with Crippen LogP contribution in [0.15, 0.2) is 23.6 Å². The zero-order chi connectivity index (χ0) is 11.5. The van der Waals surface area contributed by atoms with Crippen LogP contribution in [0.1, 0.15) is 23.8 Å². The van der Waals surface area contributed by atoms with Gasteiger partial charge in [-0.2, -0.15) is 5.10 Å². The molecule has 0 bridgehead atoms. The molecule has 0 fully saturated rings. The molecular formula is C11H12N2O2S. The van der Waals surface area contributed by atoms with Crippen LogP contribution in [0, 0.1) is 0 Å². The summed E-state index contributed by atoms with van der Waals surface area (Å²) >= 11 is 1.56. The fraction of sp³-hybridized carbons (Fsp3) is 0.273. The van der Waals surface area contributed by atoms with Crippen LogP contribution < -0.4 is 0 Å². The van der Waals surface area contributed by atoms with Gasteiger partial charge in [-0.25, -0.2) is 4.79 Å². The van der Waals surface area contributed by atoms with Crippen LogP contribution in [0.25, 0.3) is 10.6 Å². The third-order valence-electron chi connectivity index (χ3n) is 2.21. The molecule has 0 amide bonds. The molecule has 2 aromatic heterocycles. The molecule has 1 N–H and O–H groups in total. The molecule has 0 aliphatic heterocycles. The predicted molar refractivity (Wildman–Crippen MR) is 62.8 cm³/mol. The Kier molecular flexibility index (Phi) is 3.05. The number of aromatic carboxylic acids is 1. The maximum atomic E-state index is 11.0. The molecule has 0 spiro atoms. The molecule has 0 saturated heterocycles. The number of thiophene rings is 1. The van der Waals surface area contributed by atoms with Crippen molar-refractivity contribution >= 4 is 17.3 Å². The van der Waals surface area contributed by atoms with Crippen LogP contribution in [-0.4, -0.2) is 20.9 Å². The summed E-state index contributed by atoms with van der Waals surface area (Å²) < 4.78 is 1.55. The Morgan fingerprint density at radius 1 is 1.62 bits per heavy atom. The smallest absolute Gasteiger partial charge is 0.354 e. The fourth-order valence-corrected chi connectivity index (χ4v) is 2.20. The maximum absolute atomic E-state index is 11.0. The van der Waals surface area contributed by atoms with Gasteiger partial charge in [-0.15, -0.1) is 11.3 Å². The van der Waals surface area contributed by atoms with E-state index in [9.17, 15) is 4.79 Å². The van der Waals surface area contributed by atoms with Gasteiger partial charge in [-0.3, -0.25) is 4.68 Å². The van der Waals surface area contributed by atoms with Gasteiger partial charge >= 0.3 is 5.97 Å². The minimum absolute atomic E-state index is 0.255. The summed E-state index contributed by atoms with van der Waals surface area (Å²) in [7, 11) is 0. The highest BCUT2D eigenvalue weighted by Crippen LogP contribution is 2.24. The molecule has 0 aliphatic carbocycles. The topological polar surface area (TPSA) is 55.1 Å². The summed E-state index contributed by atoms with van der Waals surface area (Å²) in [5.74, 6) is -0.927. The van der Waals surface area contributed by atoms with Crippen LogP contribution in [-0.2, 0) is 6.54 Å². The van der Waals surface area contributed by atoms with Crippen molar-refractivity contribution in [2.24, 2.45) is 0 Å². The van der Waals surface area contributed by atoms with Crippen molar-refractivity contribution in [3.8, 4) is 10.6 Å². The van der Waals surface area contributed by atoms with Gasteiger partial charge in [0.1, 0.15) is 11.4 Å². The van der Waals surface area contributed by atoms with E-state index in [1.54, 1.807) is 22.1 Å². The highest BCUT2D eigenvalue weighted by atomic mass is 32.1. The first kappa shape index (κ1) is 10.9. The van der Waals surface area contributed by atoms with E-state index in [1.807, 2.05) is 24.4 Å². The zero-order valence-electron chi connectivity index (χ0n) is 8.88. The number of hydrogen-bond donors (Lipinski definition) is 1. The van der Waals surface area contributed by atoms with Crippen molar-refractivity contribution in [3.05, 3.63) is 29.3 Å². The van der Waals surface area contributed by atoms with Gasteiger partial charge in [-0.05, 0) is 23.9 Å². The van der Waals surface area contributed by atoms with E-state index in [2.05, 4.69) is 5.10 Å². The number of aryl methyl sites for hydroxylation is 1. The van der Waals surface area contributed by atoms with Gasteiger partial charge in [0, 0.05) is 6.54 Å². The summed E-state index contributed by atoms with van der Waals surface area (Å²) in [4.78, 5) is 12.0. The molecule has 2 aromatic rings. The van der Waals surface area contributed by atoms with Gasteiger partial charge in [-0.1, -0.05) is 13.0 Å². The first-order valence-electron chi connectivity index (χ1n) is 5.07. The summed E-state index contributed by atoms with van der Waals surface area (Å²) in [6.45, 7) is 2.63. The standard InChI is InChI=1S/C11H12N2O2S/c1-2-5-13-9(11(14)15)7-8(12-13)10-4-3-6-16-10/h3-4,6-7H,2,5H2,1H3,(H,14,15). The van der Waals surface area contributed by atoms with E-state index < -0.39 is 5.97 Å². The van der Waals surface area contributed by atoms with Gasteiger partial charge in [0.25, 0.3) is 0 Å². The van der Waals surface area contributed by atoms with E-state index in [4.69, 9.17) is 5.11 Å². The number of rotatable bonds is 4. The Morgan fingerprint density at radius 2 is 2.44 bits per heavy atom. The SMILES string of the molecule is CCCn1nc(-c2cccs2)cc1C(=O)O. The van der Waals surface area contributed by atoms with E-state index >= 15 is 0 Å². The summed E-state index contributed by atoms with van der Waals surface area (Å²) in [5.41, 5.74) is 0.992. The molecule has 2 heterocycles. The lowest BCUT2D eigenvalue weighted by atomic mass is 10.3. The van der Waals surface area contributed by atoms with Crippen LogP contribution in [0.5, 0.6) is 0 Å². The minimum atomic E-state index is -0.927. The highest BCUT2D eigenvalue weighted by molar-refractivity contribution is 7.13. The van der Waals surface area contributed by atoms with Gasteiger partial charge < -0.3 is 5.11 Å². The second-order valence-electron chi connectivity index (χ2n) is 3.42. The Balaban J connectivity index is 2.42. The monoisotopic (exact) mass is 236 g/mol. The van der Waals surface area contributed by atoms with E-state index in [-0.39, 0.29) is 5.69 Å². The molecule has 0 saturated carbocycles. The number of nitrogens with zero attached hydrogens (tertiary/aromatic N) is 2. The first-order valence-corrected chi connectivity index (χ1v) is 5.95. The highest BCUT2D eigenvalue weighted by Gasteiger charge is 2.14. The van der Waals surface area contributed by atoms with Crippen molar-refractivity contribution in [1.82, 2.24) is 9.78 Å². The van der Waals surface area contributed by atoms with E-state index in [0.29, 0.717) is 6.54 Å². The lowest BCUT2D eigenvalue weighted by Crippen LogP contribution is -2.09. The second kappa shape index (κ2) is 4.49. The first-order chi connectivity index (χ1) is 7.72. The normalized spacial score (nSPS) is 10.6. The third-order valence-corrected chi connectivity index (χ3v) is 3.10. The van der Waals surface area contributed by atoms with E-state index in [1.165, 1.54) is 0 Å². The lowest BCUT2D eigenvalue weighted by Gasteiger charge is -2.00. The number of carboxylic acids is 1. The average molecular weight is 236 g/mol. The number of aromatic nitrogens is 2. The maximum Gasteiger partial charge on any atom is 0.354 e. The molecule has 84 valence electrons. The molecule has 2 rings (SSSR count). The van der Waals surface area contributed by atoms with Crippen LogP contribution >= 0.6 is 11.3 Å². The van der Waals surface area contributed by atoms with Gasteiger partial charge in [0.15, 0.2) is 0 Å². The Labute approximate surface area is 97.2 Å². The summed E-state index contributed by atoms with van der Waals surface area (Å²) in [5, 5.41) is 15.3. The van der Waals surface area contributed by atoms with Crippen LogP contribution in [0.2, 0.25) is 0 Å². The molecule has 4 nitrogen and oxygen atoms in total. The lowest BCUT2D eigenvalue weighted by molar-refractivity contribution is 0.0683.